The molecule has 0 fully saturated rings. The minimum Gasteiger partial charge on any atom is -0.493 e. The van der Waals surface area contributed by atoms with Crippen LogP contribution in [0.3, 0.4) is 0 Å². The summed E-state index contributed by atoms with van der Waals surface area (Å²) in [4.78, 5) is 17.8. The predicted octanol–water partition coefficient (Wildman–Crippen LogP) is 2.38. The largest absolute Gasteiger partial charge is 0.493 e. The molecule has 8 heteroatoms. The molecule has 1 amide bonds. The summed E-state index contributed by atoms with van der Waals surface area (Å²) in [5.41, 5.74) is 0.816. The molecule has 0 bridgehead atoms. The van der Waals surface area contributed by atoms with E-state index >= 15 is 0 Å². The number of hydrogen-bond donors (Lipinski definition) is 2. The van der Waals surface area contributed by atoms with Gasteiger partial charge >= 0.3 is 0 Å². The van der Waals surface area contributed by atoms with Crippen molar-refractivity contribution in [1.82, 2.24) is 10.2 Å². The summed E-state index contributed by atoms with van der Waals surface area (Å²) in [5, 5.41) is 6.46. The number of carbonyl (C=O) groups excluding carboxylic acids is 1. The number of hydrogen-bond acceptors (Lipinski definition) is 5. The molecular weight excluding hydrogens is 372 g/mol. The molecule has 2 N–H and O–H groups in total. The van der Waals surface area contributed by atoms with Crippen molar-refractivity contribution in [2.45, 2.75) is 12.8 Å². The molecule has 0 aliphatic heterocycles. The van der Waals surface area contributed by atoms with Crippen LogP contribution in [0.2, 0.25) is 0 Å². The Balaban J connectivity index is 1.97. The van der Waals surface area contributed by atoms with Crippen molar-refractivity contribution in [2.24, 2.45) is 4.99 Å². The van der Waals surface area contributed by atoms with E-state index in [0.717, 1.165) is 23.6 Å². The number of amides is 1. The van der Waals surface area contributed by atoms with Crippen LogP contribution in [0.25, 0.3) is 0 Å². The quantitative estimate of drug-likeness (QED) is 0.341. The first-order valence-electron chi connectivity index (χ1n) is 9.58. The minimum absolute atomic E-state index is 0.0519. The third-order valence-electron chi connectivity index (χ3n) is 3.97. The molecule has 2 aromatic rings. The van der Waals surface area contributed by atoms with E-state index in [2.05, 4.69) is 15.6 Å². The second-order valence-corrected chi connectivity index (χ2v) is 6.56. The lowest BCUT2D eigenvalue weighted by Crippen LogP contribution is -2.34. The normalized spacial score (nSPS) is 11.2. The Bertz CT molecular complexity index is 760. The number of carbonyl (C=O) groups is 1. The van der Waals surface area contributed by atoms with Gasteiger partial charge in [-0.25, -0.2) is 4.99 Å². The Morgan fingerprint density at radius 1 is 1.21 bits per heavy atom. The molecule has 0 spiro atoms. The van der Waals surface area contributed by atoms with Crippen molar-refractivity contribution in [2.75, 3.05) is 52.8 Å². The summed E-state index contributed by atoms with van der Waals surface area (Å²) in [6.07, 6.45) is 3.18. The van der Waals surface area contributed by atoms with E-state index in [-0.39, 0.29) is 12.5 Å². The maximum Gasteiger partial charge on any atom is 0.243 e. The minimum atomic E-state index is -0.0765. The number of methoxy groups -OCH3 is 1. The molecule has 0 aliphatic rings. The first-order chi connectivity index (χ1) is 14.1. The molecule has 1 aromatic heterocycles. The first kappa shape index (κ1) is 22.3. The van der Waals surface area contributed by atoms with Crippen LogP contribution in [0.4, 0.5) is 5.69 Å². The van der Waals surface area contributed by atoms with Crippen LogP contribution in [0, 0.1) is 0 Å². The third-order valence-corrected chi connectivity index (χ3v) is 3.97. The SMILES string of the molecule is COCCCOc1cccc(NC(=NCC(=O)N(C)C)NCCc2ccco2)c1. The van der Waals surface area contributed by atoms with E-state index in [4.69, 9.17) is 13.9 Å². The third kappa shape index (κ3) is 8.69. The predicted molar refractivity (Wildman–Crippen MR) is 113 cm³/mol. The average molecular weight is 402 g/mol. The zero-order valence-electron chi connectivity index (χ0n) is 17.3. The van der Waals surface area contributed by atoms with Gasteiger partial charge in [0, 0.05) is 59.0 Å². The molecule has 0 radical (unpaired) electrons. The number of rotatable bonds is 11. The lowest BCUT2D eigenvalue weighted by atomic mass is 10.3. The van der Waals surface area contributed by atoms with Gasteiger partial charge < -0.3 is 29.4 Å². The second-order valence-electron chi connectivity index (χ2n) is 6.56. The number of nitrogens with one attached hydrogen (secondary N) is 2. The van der Waals surface area contributed by atoms with Crippen molar-refractivity contribution in [3.63, 3.8) is 0 Å². The Labute approximate surface area is 171 Å². The molecule has 0 atom stereocenters. The summed E-state index contributed by atoms with van der Waals surface area (Å²) >= 11 is 0. The fourth-order valence-electron chi connectivity index (χ4n) is 2.38. The number of guanidine groups is 1. The van der Waals surface area contributed by atoms with E-state index in [1.54, 1.807) is 27.5 Å². The Kier molecular flexibility index (Phi) is 9.57. The topological polar surface area (TPSA) is 88.3 Å². The van der Waals surface area contributed by atoms with Gasteiger partial charge in [0.1, 0.15) is 18.1 Å². The van der Waals surface area contributed by atoms with Gasteiger partial charge in [0.2, 0.25) is 5.91 Å². The maximum atomic E-state index is 11.9. The fourth-order valence-corrected chi connectivity index (χ4v) is 2.38. The molecule has 0 saturated heterocycles. The number of likely N-dealkylation sites (N-methyl/N-ethyl adjacent to an activating group) is 1. The molecular formula is C21H30N4O4. The highest BCUT2D eigenvalue weighted by atomic mass is 16.5. The van der Waals surface area contributed by atoms with Crippen molar-refractivity contribution in [3.8, 4) is 5.75 Å². The number of aliphatic imine (C=N–C) groups is 1. The number of nitrogens with zero attached hydrogens (tertiary/aromatic N) is 2. The lowest BCUT2D eigenvalue weighted by Gasteiger charge is -2.14. The monoisotopic (exact) mass is 402 g/mol. The fraction of sp³-hybridized carbons (Fsp3) is 0.429. The van der Waals surface area contributed by atoms with Gasteiger partial charge in [-0.1, -0.05) is 6.07 Å². The zero-order chi connectivity index (χ0) is 20.9. The van der Waals surface area contributed by atoms with Crippen molar-refractivity contribution in [1.29, 1.82) is 0 Å². The lowest BCUT2D eigenvalue weighted by molar-refractivity contribution is -0.127. The van der Waals surface area contributed by atoms with Gasteiger partial charge in [-0.2, -0.15) is 0 Å². The van der Waals surface area contributed by atoms with E-state index in [1.807, 2.05) is 36.4 Å². The van der Waals surface area contributed by atoms with Crippen molar-refractivity contribution < 1.29 is 18.7 Å². The Morgan fingerprint density at radius 3 is 2.79 bits per heavy atom. The number of benzene rings is 1. The molecule has 0 unspecified atom stereocenters. The maximum absolute atomic E-state index is 11.9. The van der Waals surface area contributed by atoms with Gasteiger partial charge in [-0.05, 0) is 24.3 Å². The Hall–Kier alpha value is -3.00. The van der Waals surface area contributed by atoms with Crippen LogP contribution in [-0.2, 0) is 16.0 Å². The zero-order valence-corrected chi connectivity index (χ0v) is 17.3. The van der Waals surface area contributed by atoms with Crippen molar-refractivity contribution in [3.05, 3.63) is 48.4 Å². The molecule has 29 heavy (non-hydrogen) atoms. The highest BCUT2D eigenvalue weighted by Crippen LogP contribution is 2.17. The standard InChI is InChI=1S/C21H30N4O4/c1-25(2)20(26)16-23-21(22-11-10-18-9-5-13-28-18)24-17-7-4-8-19(15-17)29-14-6-12-27-3/h4-5,7-9,13,15H,6,10-12,14,16H2,1-3H3,(H2,22,23,24). The Morgan fingerprint density at radius 2 is 2.07 bits per heavy atom. The van der Waals surface area contributed by atoms with Gasteiger partial charge in [-0.3, -0.25) is 4.79 Å². The van der Waals surface area contributed by atoms with Crippen LogP contribution in [0.5, 0.6) is 5.75 Å². The second kappa shape index (κ2) is 12.5. The van der Waals surface area contributed by atoms with Crippen LogP contribution >= 0.6 is 0 Å². The van der Waals surface area contributed by atoms with E-state index in [0.29, 0.717) is 32.1 Å². The molecule has 2 rings (SSSR count). The molecule has 8 nitrogen and oxygen atoms in total. The van der Waals surface area contributed by atoms with Gasteiger partial charge in [0.05, 0.1) is 12.9 Å². The summed E-state index contributed by atoms with van der Waals surface area (Å²) in [5.74, 6) is 2.08. The summed E-state index contributed by atoms with van der Waals surface area (Å²) in [7, 11) is 5.09. The van der Waals surface area contributed by atoms with Gasteiger partial charge in [0.15, 0.2) is 5.96 Å². The molecule has 0 aliphatic carbocycles. The average Bonchev–Trinajstić information content (AvgIpc) is 3.23. The van der Waals surface area contributed by atoms with Gasteiger partial charge in [-0.15, -0.1) is 0 Å². The summed E-state index contributed by atoms with van der Waals surface area (Å²) < 4.78 is 16.1. The van der Waals surface area contributed by atoms with Crippen LogP contribution in [0.1, 0.15) is 12.2 Å². The van der Waals surface area contributed by atoms with Crippen molar-refractivity contribution >= 4 is 17.6 Å². The molecule has 158 valence electrons. The number of furan rings is 1. The molecule has 0 saturated carbocycles. The summed E-state index contributed by atoms with van der Waals surface area (Å²) in [6, 6.07) is 11.4. The highest BCUT2D eigenvalue weighted by Gasteiger charge is 2.06. The van der Waals surface area contributed by atoms with Gasteiger partial charge in [0.25, 0.3) is 0 Å². The van der Waals surface area contributed by atoms with E-state index in [1.165, 1.54) is 4.90 Å². The highest BCUT2D eigenvalue weighted by molar-refractivity contribution is 5.95. The number of anilines is 1. The van der Waals surface area contributed by atoms with Crippen LogP contribution < -0.4 is 15.4 Å². The smallest absolute Gasteiger partial charge is 0.243 e. The first-order valence-corrected chi connectivity index (χ1v) is 9.58. The summed E-state index contributed by atoms with van der Waals surface area (Å²) in [6.45, 7) is 1.91. The number of ether oxygens (including phenoxy) is 2. The van der Waals surface area contributed by atoms with Crippen LogP contribution in [-0.4, -0.2) is 64.3 Å². The molecule has 1 aromatic carbocycles. The van der Waals surface area contributed by atoms with E-state index in [9.17, 15) is 4.79 Å². The molecule has 1 heterocycles. The van der Waals surface area contributed by atoms with E-state index < -0.39 is 0 Å². The van der Waals surface area contributed by atoms with Crippen LogP contribution in [0.15, 0.2) is 52.1 Å².